The van der Waals surface area contributed by atoms with Crippen molar-refractivity contribution in [1.29, 1.82) is 0 Å². The van der Waals surface area contributed by atoms with Crippen LogP contribution in [0.4, 0.5) is 0 Å². The normalized spacial score (nSPS) is 13.6. The summed E-state index contributed by atoms with van der Waals surface area (Å²) in [6.45, 7) is 9.28. The molecule has 0 fully saturated rings. The van der Waals surface area contributed by atoms with E-state index >= 15 is 0 Å². The number of nitrogens with two attached hydrogens (primary N) is 1. The molecular formula is C14H26N2O. The average molecular weight is 238 g/mol. The first-order valence-electron chi connectivity index (χ1n) is 6.44. The van der Waals surface area contributed by atoms with Crippen LogP contribution < -0.4 is 5.73 Å². The number of furan rings is 1. The van der Waals surface area contributed by atoms with Crippen molar-refractivity contribution in [3.8, 4) is 0 Å². The molecule has 1 heterocycles. The minimum atomic E-state index is 0.590. The third-order valence-corrected chi connectivity index (χ3v) is 3.11. The fraction of sp³-hybridized carbons (Fsp3) is 0.714. The fourth-order valence-corrected chi connectivity index (χ4v) is 2.28. The summed E-state index contributed by atoms with van der Waals surface area (Å²) >= 11 is 0. The van der Waals surface area contributed by atoms with Gasteiger partial charge in [-0.25, -0.2) is 0 Å². The first kappa shape index (κ1) is 14.3. The molecule has 3 heteroatoms. The molecule has 2 N–H and O–H groups in total. The van der Waals surface area contributed by atoms with Crippen molar-refractivity contribution in [3.05, 3.63) is 23.7 Å². The predicted molar refractivity (Wildman–Crippen MR) is 71.8 cm³/mol. The Bertz CT molecular complexity index is 320. The molecule has 98 valence electrons. The molecule has 0 aromatic carbocycles. The molecule has 0 saturated carbocycles. The van der Waals surface area contributed by atoms with E-state index in [4.69, 9.17) is 10.2 Å². The van der Waals surface area contributed by atoms with Crippen LogP contribution in [0.1, 0.15) is 31.6 Å². The first-order chi connectivity index (χ1) is 8.02. The van der Waals surface area contributed by atoms with Crippen molar-refractivity contribution in [2.45, 2.75) is 33.7 Å². The van der Waals surface area contributed by atoms with Gasteiger partial charge in [-0.15, -0.1) is 0 Å². The molecule has 0 amide bonds. The minimum Gasteiger partial charge on any atom is -0.469 e. The van der Waals surface area contributed by atoms with Gasteiger partial charge in [-0.1, -0.05) is 13.8 Å². The van der Waals surface area contributed by atoms with Gasteiger partial charge in [0.15, 0.2) is 0 Å². The highest BCUT2D eigenvalue weighted by atomic mass is 16.3. The standard InChI is InChI=1S/C14H26N2O/c1-11(2)7-13(8-15)9-16(4)10-14-5-6-17-12(14)3/h5-6,11,13H,7-10,15H2,1-4H3. The van der Waals surface area contributed by atoms with E-state index < -0.39 is 0 Å². The van der Waals surface area contributed by atoms with Crippen LogP contribution in [0.5, 0.6) is 0 Å². The lowest BCUT2D eigenvalue weighted by Crippen LogP contribution is -2.30. The molecule has 1 rings (SSSR count). The van der Waals surface area contributed by atoms with Crippen LogP contribution in [-0.2, 0) is 6.54 Å². The van der Waals surface area contributed by atoms with Gasteiger partial charge in [0.05, 0.1) is 6.26 Å². The second-order valence-corrected chi connectivity index (χ2v) is 5.43. The lowest BCUT2D eigenvalue weighted by atomic mass is 9.96. The van der Waals surface area contributed by atoms with Crippen LogP contribution in [0.25, 0.3) is 0 Å². The van der Waals surface area contributed by atoms with Gasteiger partial charge in [-0.05, 0) is 44.8 Å². The number of aryl methyl sites for hydroxylation is 1. The van der Waals surface area contributed by atoms with E-state index in [-0.39, 0.29) is 0 Å². The zero-order valence-corrected chi connectivity index (χ0v) is 11.6. The highest BCUT2D eigenvalue weighted by Crippen LogP contribution is 2.15. The number of rotatable bonds is 7. The van der Waals surface area contributed by atoms with E-state index in [0.717, 1.165) is 25.4 Å². The van der Waals surface area contributed by atoms with Gasteiger partial charge in [0, 0.05) is 18.7 Å². The molecule has 0 aliphatic heterocycles. The van der Waals surface area contributed by atoms with Gasteiger partial charge in [0.1, 0.15) is 5.76 Å². The van der Waals surface area contributed by atoms with Crippen LogP contribution in [0.15, 0.2) is 16.7 Å². The monoisotopic (exact) mass is 238 g/mol. The zero-order chi connectivity index (χ0) is 12.8. The maximum atomic E-state index is 5.83. The van der Waals surface area contributed by atoms with Crippen LogP contribution >= 0.6 is 0 Å². The smallest absolute Gasteiger partial charge is 0.105 e. The molecule has 3 nitrogen and oxygen atoms in total. The summed E-state index contributed by atoms with van der Waals surface area (Å²) in [5.41, 5.74) is 7.10. The third-order valence-electron chi connectivity index (χ3n) is 3.11. The van der Waals surface area contributed by atoms with Gasteiger partial charge in [0.2, 0.25) is 0 Å². The van der Waals surface area contributed by atoms with Gasteiger partial charge < -0.3 is 15.1 Å². The zero-order valence-electron chi connectivity index (χ0n) is 11.6. The Morgan fingerprint density at radius 3 is 2.59 bits per heavy atom. The van der Waals surface area contributed by atoms with Crippen molar-refractivity contribution in [2.24, 2.45) is 17.6 Å². The molecule has 0 aliphatic rings. The molecular weight excluding hydrogens is 212 g/mol. The summed E-state index contributed by atoms with van der Waals surface area (Å²) in [7, 11) is 2.15. The van der Waals surface area contributed by atoms with Gasteiger partial charge in [0.25, 0.3) is 0 Å². The number of hydrogen-bond donors (Lipinski definition) is 1. The molecule has 1 unspecified atom stereocenters. The van der Waals surface area contributed by atoms with Crippen LogP contribution in [0.3, 0.4) is 0 Å². The van der Waals surface area contributed by atoms with Gasteiger partial charge >= 0.3 is 0 Å². The number of hydrogen-bond acceptors (Lipinski definition) is 3. The minimum absolute atomic E-state index is 0.590. The summed E-state index contributed by atoms with van der Waals surface area (Å²) in [6.07, 6.45) is 2.96. The Kier molecular flexibility index (Phi) is 5.72. The Hall–Kier alpha value is -0.800. The lowest BCUT2D eigenvalue weighted by molar-refractivity contribution is 0.249. The fourth-order valence-electron chi connectivity index (χ4n) is 2.28. The van der Waals surface area contributed by atoms with Crippen molar-refractivity contribution < 1.29 is 4.42 Å². The topological polar surface area (TPSA) is 42.4 Å². The Morgan fingerprint density at radius 2 is 2.12 bits per heavy atom. The summed E-state index contributed by atoms with van der Waals surface area (Å²) in [6, 6.07) is 2.05. The SMILES string of the molecule is Cc1occc1CN(C)CC(CN)CC(C)C. The molecule has 0 aliphatic carbocycles. The molecule has 0 saturated heterocycles. The Balaban J connectivity index is 2.42. The van der Waals surface area contributed by atoms with Crippen LogP contribution in [0, 0.1) is 18.8 Å². The molecule has 1 atom stereocenters. The van der Waals surface area contributed by atoms with Crippen molar-refractivity contribution in [2.75, 3.05) is 20.1 Å². The predicted octanol–water partition coefficient (Wildman–Crippen LogP) is 2.64. The Morgan fingerprint density at radius 1 is 1.41 bits per heavy atom. The molecule has 0 bridgehead atoms. The summed E-state index contributed by atoms with van der Waals surface area (Å²) < 4.78 is 5.31. The first-order valence-corrected chi connectivity index (χ1v) is 6.44. The second kappa shape index (κ2) is 6.82. The lowest BCUT2D eigenvalue weighted by Gasteiger charge is -2.24. The number of nitrogens with zero attached hydrogens (tertiary/aromatic N) is 1. The average Bonchev–Trinajstić information content (AvgIpc) is 2.62. The highest BCUT2D eigenvalue weighted by molar-refractivity contribution is 5.14. The Labute approximate surface area is 105 Å². The van der Waals surface area contributed by atoms with Crippen LogP contribution in [-0.4, -0.2) is 25.0 Å². The summed E-state index contributed by atoms with van der Waals surface area (Å²) in [5.74, 6) is 2.32. The highest BCUT2D eigenvalue weighted by Gasteiger charge is 2.13. The summed E-state index contributed by atoms with van der Waals surface area (Å²) in [5, 5.41) is 0. The quantitative estimate of drug-likeness (QED) is 0.794. The molecule has 17 heavy (non-hydrogen) atoms. The maximum absolute atomic E-state index is 5.83. The van der Waals surface area contributed by atoms with Gasteiger partial charge in [-0.3, -0.25) is 0 Å². The second-order valence-electron chi connectivity index (χ2n) is 5.43. The van der Waals surface area contributed by atoms with E-state index in [1.807, 2.05) is 13.0 Å². The van der Waals surface area contributed by atoms with E-state index in [1.54, 1.807) is 6.26 Å². The summed E-state index contributed by atoms with van der Waals surface area (Å²) in [4.78, 5) is 2.33. The molecule has 1 aromatic rings. The molecule has 0 spiro atoms. The van der Waals surface area contributed by atoms with E-state index in [0.29, 0.717) is 11.8 Å². The largest absolute Gasteiger partial charge is 0.469 e. The maximum Gasteiger partial charge on any atom is 0.105 e. The van der Waals surface area contributed by atoms with E-state index in [9.17, 15) is 0 Å². The van der Waals surface area contributed by atoms with Gasteiger partial charge in [-0.2, -0.15) is 0 Å². The van der Waals surface area contributed by atoms with Crippen molar-refractivity contribution in [1.82, 2.24) is 4.90 Å². The van der Waals surface area contributed by atoms with E-state index in [2.05, 4.69) is 25.8 Å². The van der Waals surface area contributed by atoms with Crippen molar-refractivity contribution >= 4 is 0 Å². The third kappa shape index (κ3) is 4.92. The van der Waals surface area contributed by atoms with Crippen molar-refractivity contribution in [3.63, 3.8) is 0 Å². The van der Waals surface area contributed by atoms with E-state index in [1.165, 1.54) is 12.0 Å². The molecule has 1 aromatic heterocycles. The molecule has 0 radical (unpaired) electrons. The van der Waals surface area contributed by atoms with Crippen LogP contribution in [0.2, 0.25) is 0 Å².